The Bertz CT molecular complexity index is 471. The number of nitrogens with zero attached hydrogens (tertiary/aromatic N) is 1. The number of hydrogen-bond acceptors (Lipinski definition) is 2. The SMILES string of the molecule is CCCCCSc1nc2cc(F)c(F)cc2[nH]1. The molecule has 2 nitrogen and oxygen atoms in total. The maximum Gasteiger partial charge on any atom is 0.166 e. The third-order valence-electron chi connectivity index (χ3n) is 2.49. The van der Waals surface area contributed by atoms with Gasteiger partial charge in [-0.05, 0) is 6.42 Å². The summed E-state index contributed by atoms with van der Waals surface area (Å²) in [6.07, 6.45) is 3.49. The maximum atomic E-state index is 13.0. The first-order valence-corrected chi connectivity index (χ1v) is 6.67. The molecular formula is C12H14F2N2S. The van der Waals surface area contributed by atoms with Gasteiger partial charge in [0, 0.05) is 17.9 Å². The fourth-order valence-electron chi connectivity index (χ4n) is 1.57. The van der Waals surface area contributed by atoms with Gasteiger partial charge in [0.25, 0.3) is 0 Å². The van der Waals surface area contributed by atoms with E-state index in [-0.39, 0.29) is 0 Å². The number of aromatic nitrogens is 2. The van der Waals surface area contributed by atoms with Crippen LogP contribution in [0.25, 0.3) is 11.0 Å². The van der Waals surface area contributed by atoms with Crippen LogP contribution in [0.3, 0.4) is 0 Å². The van der Waals surface area contributed by atoms with Crippen LogP contribution in [0.5, 0.6) is 0 Å². The summed E-state index contributed by atoms with van der Waals surface area (Å²) in [5.74, 6) is -0.728. The van der Waals surface area contributed by atoms with Crippen molar-refractivity contribution in [2.45, 2.75) is 31.3 Å². The minimum absolute atomic E-state index is 0.474. The van der Waals surface area contributed by atoms with Crippen LogP contribution in [0.4, 0.5) is 8.78 Å². The van der Waals surface area contributed by atoms with Crippen LogP contribution < -0.4 is 0 Å². The zero-order valence-corrected chi connectivity index (χ0v) is 10.4. The summed E-state index contributed by atoms with van der Waals surface area (Å²) in [6, 6.07) is 2.27. The molecule has 1 aromatic heterocycles. The second kappa shape index (κ2) is 5.49. The van der Waals surface area contributed by atoms with E-state index in [1.165, 1.54) is 12.8 Å². The summed E-state index contributed by atoms with van der Waals surface area (Å²) in [6.45, 7) is 2.15. The number of imidazole rings is 1. The van der Waals surface area contributed by atoms with Crippen molar-refractivity contribution < 1.29 is 8.78 Å². The number of benzene rings is 1. The Balaban J connectivity index is 2.09. The molecule has 0 atom stereocenters. The predicted octanol–water partition coefficient (Wildman–Crippen LogP) is 4.12. The summed E-state index contributed by atoms with van der Waals surface area (Å²) in [4.78, 5) is 7.20. The highest BCUT2D eigenvalue weighted by atomic mass is 32.2. The number of thioether (sulfide) groups is 1. The van der Waals surface area contributed by atoms with Gasteiger partial charge in [-0.2, -0.15) is 0 Å². The highest BCUT2D eigenvalue weighted by molar-refractivity contribution is 7.99. The topological polar surface area (TPSA) is 28.7 Å². The Kier molecular flexibility index (Phi) is 3.99. The number of hydrogen-bond donors (Lipinski definition) is 1. The zero-order chi connectivity index (χ0) is 12.3. The molecule has 1 aromatic carbocycles. The smallest absolute Gasteiger partial charge is 0.166 e. The Hall–Kier alpha value is -1.10. The quantitative estimate of drug-likeness (QED) is 0.644. The summed E-state index contributed by atoms with van der Waals surface area (Å²) in [7, 11) is 0. The van der Waals surface area contributed by atoms with Crippen LogP contribution in [0, 0.1) is 11.6 Å². The molecule has 17 heavy (non-hydrogen) atoms. The number of halogens is 2. The fourth-order valence-corrected chi connectivity index (χ4v) is 2.46. The minimum atomic E-state index is -0.855. The number of rotatable bonds is 5. The van der Waals surface area contributed by atoms with Crippen molar-refractivity contribution in [1.29, 1.82) is 0 Å². The molecule has 1 N–H and O–H groups in total. The molecule has 0 saturated carbocycles. The van der Waals surface area contributed by atoms with E-state index in [1.54, 1.807) is 11.8 Å². The Morgan fingerprint density at radius 2 is 2.00 bits per heavy atom. The van der Waals surface area contributed by atoms with Crippen molar-refractivity contribution in [2.75, 3.05) is 5.75 Å². The first-order valence-electron chi connectivity index (χ1n) is 5.68. The molecule has 0 unspecified atom stereocenters. The minimum Gasteiger partial charge on any atom is -0.333 e. The molecule has 92 valence electrons. The van der Waals surface area contributed by atoms with Crippen molar-refractivity contribution in [1.82, 2.24) is 9.97 Å². The first-order chi connectivity index (χ1) is 8.20. The van der Waals surface area contributed by atoms with E-state index >= 15 is 0 Å². The van der Waals surface area contributed by atoms with E-state index in [9.17, 15) is 8.78 Å². The van der Waals surface area contributed by atoms with Gasteiger partial charge in [-0.25, -0.2) is 13.8 Å². The number of nitrogens with one attached hydrogen (secondary N) is 1. The van der Waals surface area contributed by atoms with Crippen LogP contribution in [-0.2, 0) is 0 Å². The number of aromatic amines is 1. The molecule has 0 fully saturated rings. The van der Waals surface area contributed by atoms with Crippen molar-refractivity contribution >= 4 is 22.8 Å². The van der Waals surface area contributed by atoms with Gasteiger partial charge in [-0.1, -0.05) is 31.5 Å². The van der Waals surface area contributed by atoms with E-state index in [1.807, 2.05) is 0 Å². The average molecular weight is 256 g/mol. The highest BCUT2D eigenvalue weighted by Crippen LogP contribution is 2.22. The molecule has 2 rings (SSSR count). The summed E-state index contributed by atoms with van der Waals surface area (Å²) >= 11 is 1.59. The average Bonchev–Trinajstić information content (AvgIpc) is 2.67. The number of fused-ring (bicyclic) bond motifs is 1. The lowest BCUT2D eigenvalue weighted by Crippen LogP contribution is -1.82. The van der Waals surface area contributed by atoms with Gasteiger partial charge in [0.1, 0.15) is 0 Å². The molecule has 0 aliphatic heterocycles. The van der Waals surface area contributed by atoms with Crippen LogP contribution in [0.15, 0.2) is 17.3 Å². The fraction of sp³-hybridized carbons (Fsp3) is 0.417. The third kappa shape index (κ3) is 2.97. The normalized spacial score (nSPS) is 11.2. The first kappa shape index (κ1) is 12.4. The highest BCUT2D eigenvalue weighted by Gasteiger charge is 2.08. The molecule has 0 spiro atoms. The molecule has 0 bridgehead atoms. The molecule has 0 amide bonds. The van der Waals surface area contributed by atoms with Gasteiger partial charge in [0.05, 0.1) is 11.0 Å². The van der Waals surface area contributed by atoms with E-state index in [0.717, 1.165) is 29.5 Å². The summed E-state index contributed by atoms with van der Waals surface area (Å²) < 4.78 is 26.0. The monoisotopic (exact) mass is 256 g/mol. The van der Waals surface area contributed by atoms with Gasteiger partial charge >= 0.3 is 0 Å². The van der Waals surface area contributed by atoms with Crippen LogP contribution in [0.1, 0.15) is 26.2 Å². The predicted molar refractivity (Wildman–Crippen MR) is 66.3 cm³/mol. The lowest BCUT2D eigenvalue weighted by atomic mass is 10.3. The van der Waals surface area contributed by atoms with Crippen LogP contribution >= 0.6 is 11.8 Å². The van der Waals surface area contributed by atoms with Crippen molar-refractivity contribution in [2.24, 2.45) is 0 Å². The van der Waals surface area contributed by atoms with Crippen LogP contribution in [0.2, 0.25) is 0 Å². The Morgan fingerprint density at radius 3 is 2.76 bits per heavy atom. The number of unbranched alkanes of at least 4 members (excludes halogenated alkanes) is 2. The third-order valence-corrected chi connectivity index (χ3v) is 3.45. The maximum absolute atomic E-state index is 13.0. The number of H-pyrrole nitrogens is 1. The molecule has 0 aliphatic carbocycles. The van der Waals surface area contributed by atoms with Gasteiger partial charge in [0.2, 0.25) is 0 Å². The van der Waals surface area contributed by atoms with E-state index in [2.05, 4.69) is 16.9 Å². The van der Waals surface area contributed by atoms with Gasteiger partial charge in [-0.3, -0.25) is 0 Å². The molecule has 5 heteroatoms. The lowest BCUT2D eigenvalue weighted by Gasteiger charge is -1.95. The van der Waals surface area contributed by atoms with E-state index in [0.29, 0.717) is 11.0 Å². The van der Waals surface area contributed by atoms with Crippen LogP contribution in [-0.4, -0.2) is 15.7 Å². The van der Waals surface area contributed by atoms with Crippen molar-refractivity contribution in [3.05, 3.63) is 23.8 Å². The molecule has 0 saturated heterocycles. The molecule has 0 radical (unpaired) electrons. The molecule has 2 aromatic rings. The molecular weight excluding hydrogens is 242 g/mol. The largest absolute Gasteiger partial charge is 0.333 e. The molecule has 0 aliphatic rings. The summed E-state index contributed by atoms with van der Waals surface area (Å²) in [5.41, 5.74) is 1.02. The Labute approximate surface area is 103 Å². The van der Waals surface area contributed by atoms with E-state index < -0.39 is 11.6 Å². The van der Waals surface area contributed by atoms with Gasteiger partial charge in [0.15, 0.2) is 16.8 Å². The Morgan fingerprint density at radius 1 is 1.24 bits per heavy atom. The van der Waals surface area contributed by atoms with E-state index in [4.69, 9.17) is 0 Å². The standard InChI is InChI=1S/C12H14F2N2S/c1-2-3-4-5-17-12-15-10-6-8(13)9(14)7-11(10)16-12/h6-7H,2-5H2,1H3,(H,15,16). The van der Waals surface area contributed by atoms with Gasteiger partial charge < -0.3 is 4.98 Å². The second-order valence-electron chi connectivity index (χ2n) is 3.88. The summed E-state index contributed by atoms with van der Waals surface area (Å²) in [5, 5.41) is 0.723. The zero-order valence-electron chi connectivity index (χ0n) is 9.59. The molecule has 1 heterocycles. The van der Waals surface area contributed by atoms with Crippen molar-refractivity contribution in [3.63, 3.8) is 0 Å². The van der Waals surface area contributed by atoms with Gasteiger partial charge in [-0.15, -0.1) is 0 Å². The second-order valence-corrected chi connectivity index (χ2v) is 4.96. The van der Waals surface area contributed by atoms with Crippen molar-refractivity contribution in [3.8, 4) is 0 Å². The lowest BCUT2D eigenvalue weighted by molar-refractivity contribution is 0.510.